The molecule has 0 bridgehead atoms. The lowest BCUT2D eigenvalue weighted by molar-refractivity contribution is 0.0525. The molecule has 0 spiro atoms. The predicted octanol–water partition coefficient (Wildman–Crippen LogP) is 0.416. The van der Waals surface area contributed by atoms with Crippen molar-refractivity contribution in [1.82, 2.24) is 0 Å². The topological polar surface area (TPSA) is 84.8 Å². The van der Waals surface area contributed by atoms with Crippen molar-refractivity contribution in [1.29, 1.82) is 0 Å². The fourth-order valence-electron chi connectivity index (χ4n) is 1.54. The van der Waals surface area contributed by atoms with Gasteiger partial charge in [-0.25, -0.2) is 0 Å². The minimum absolute atomic E-state index is 0.140. The highest BCUT2D eigenvalue weighted by atomic mass is 79.9. The van der Waals surface area contributed by atoms with Crippen molar-refractivity contribution in [3.8, 4) is 0 Å². The van der Waals surface area contributed by atoms with E-state index in [9.17, 15) is 10.2 Å². The highest BCUT2D eigenvalue weighted by Crippen LogP contribution is 2.34. The third kappa shape index (κ3) is 1.93. The highest BCUT2D eigenvalue weighted by Gasteiger charge is 2.25. The molecule has 0 saturated heterocycles. The first-order valence-electron chi connectivity index (χ1n) is 4.44. The maximum Gasteiger partial charge on any atom is 0.169 e. The van der Waals surface area contributed by atoms with Crippen LogP contribution in [0.3, 0.4) is 0 Å². The van der Waals surface area contributed by atoms with Gasteiger partial charge in [0.1, 0.15) is 0 Å². The fraction of sp³-hybridized carbons (Fsp3) is 0.333. The third-order valence-corrected chi connectivity index (χ3v) is 2.71. The Morgan fingerprint density at radius 3 is 2.53 bits per heavy atom. The van der Waals surface area contributed by atoms with E-state index in [2.05, 4.69) is 26.6 Å². The van der Waals surface area contributed by atoms with Crippen molar-refractivity contribution in [2.24, 2.45) is 0 Å². The number of fused-ring (bicyclic) bond motifs is 1. The van der Waals surface area contributed by atoms with Crippen LogP contribution in [0.15, 0.2) is 16.6 Å². The largest absolute Gasteiger partial charge is 0.392 e. The highest BCUT2D eigenvalue weighted by molar-refractivity contribution is 9.10. The van der Waals surface area contributed by atoms with Gasteiger partial charge < -0.3 is 26.0 Å². The Bertz CT molecular complexity index is 386. The molecule has 5 nitrogen and oxygen atoms in total. The van der Waals surface area contributed by atoms with E-state index in [4.69, 9.17) is 5.11 Å². The van der Waals surface area contributed by atoms with Gasteiger partial charge in [-0.3, -0.25) is 0 Å². The van der Waals surface area contributed by atoms with E-state index in [-0.39, 0.29) is 6.61 Å². The zero-order valence-electron chi connectivity index (χ0n) is 7.74. The van der Waals surface area contributed by atoms with Gasteiger partial charge in [0.15, 0.2) is 12.5 Å². The average Bonchev–Trinajstić information content (AvgIpc) is 2.19. The number of aliphatic hydroxyl groups excluding tert-OH is 3. The van der Waals surface area contributed by atoms with Crippen molar-refractivity contribution < 1.29 is 15.3 Å². The van der Waals surface area contributed by atoms with E-state index in [1.807, 2.05) is 0 Å². The number of halogens is 1. The molecule has 1 aliphatic heterocycles. The summed E-state index contributed by atoms with van der Waals surface area (Å²) in [6, 6.07) is 3.51. The Hall–Kier alpha value is -0.820. The van der Waals surface area contributed by atoms with Crippen molar-refractivity contribution in [3.05, 3.63) is 22.2 Å². The molecule has 2 atom stereocenters. The van der Waals surface area contributed by atoms with Crippen molar-refractivity contribution in [3.63, 3.8) is 0 Å². The van der Waals surface area contributed by atoms with E-state index in [1.54, 1.807) is 12.1 Å². The van der Waals surface area contributed by atoms with Crippen LogP contribution in [0.25, 0.3) is 0 Å². The molecule has 0 aromatic heterocycles. The van der Waals surface area contributed by atoms with Crippen LogP contribution >= 0.6 is 15.9 Å². The van der Waals surface area contributed by atoms with Crippen LogP contribution in [0.4, 0.5) is 11.4 Å². The molecule has 0 aliphatic carbocycles. The molecular formula is C9H11BrN2O3. The quantitative estimate of drug-likeness (QED) is 0.513. The predicted molar refractivity (Wildman–Crippen MR) is 59.3 cm³/mol. The molecule has 0 radical (unpaired) electrons. The first-order chi connectivity index (χ1) is 7.11. The maximum absolute atomic E-state index is 9.40. The molecule has 1 aromatic rings. The van der Waals surface area contributed by atoms with E-state index in [0.29, 0.717) is 16.9 Å². The van der Waals surface area contributed by atoms with Crippen LogP contribution in [0, 0.1) is 0 Å². The van der Waals surface area contributed by atoms with Gasteiger partial charge in [0.2, 0.25) is 0 Å². The van der Waals surface area contributed by atoms with E-state index in [0.717, 1.165) is 4.47 Å². The summed E-state index contributed by atoms with van der Waals surface area (Å²) < 4.78 is 0.795. The van der Waals surface area contributed by atoms with Gasteiger partial charge in [0, 0.05) is 10.0 Å². The van der Waals surface area contributed by atoms with Crippen LogP contribution in [0.1, 0.15) is 5.56 Å². The number of rotatable bonds is 1. The summed E-state index contributed by atoms with van der Waals surface area (Å²) in [6.45, 7) is -0.140. The molecule has 1 aliphatic rings. The smallest absolute Gasteiger partial charge is 0.169 e. The maximum atomic E-state index is 9.40. The van der Waals surface area contributed by atoms with Gasteiger partial charge in [0.05, 0.1) is 18.0 Å². The van der Waals surface area contributed by atoms with Gasteiger partial charge in [-0.2, -0.15) is 0 Å². The molecule has 15 heavy (non-hydrogen) atoms. The van der Waals surface area contributed by atoms with Gasteiger partial charge in [-0.1, -0.05) is 15.9 Å². The fourth-order valence-corrected chi connectivity index (χ4v) is 2.04. The Labute approximate surface area is 94.9 Å². The molecule has 82 valence electrons. The van der Waals surface area contributed by atoms with Gasteiger partial charge in [-0.05, 0) is 12.1 Å². The molecule has 1 aromatic carbocycles. The van der Waals surface area contributed by atoms with Crippen LogP contribution in [0.2, 0.25) is 0 Å². The summed E-state index contributed by atoms with van der Waals surface area (Å²) in [5.74, 6) is 0. The number of aliphatic hydroxyl groups is 3. The zero-order chi connectivity index (χ0) is 11.0. The third-order valence-electron chi connectivity index (χ3n) is 2.25. The van der Waals surface area contributed by atoms with Gasteiger partial charge in [0.25, 0.3) is 0 Å². The molecule has 2 rings (SSSR count). The van der Waals surface area contributed by atoms with Gasteiger partial charge in [-0.15, -0.1) is 0 Å². The lowest BCUT2D eigenvalue weighted by Crippen LogP contribution is -2.43. The normalized spacial score (nSPS) is 24.0. The molecule has 0 amide bonds. The summed E-state index contributed by atoms with van der Waals surface area (Å²) in [6.07, 6.45) is -2.14. The lowest BCUT2D eigenvalue weighted by Gasteiger charge is -2.31. The molecule has 6 heteroatoms. The molecule has 0 fully saturated rings. The van der Waals surface area contributed by atoms with Crippen molar-refractivity contribution in [2.45, 2.75) is 19.1 Å². The number of anilines is 2. The van der Waals surface area contributed by atoms with Gasteiger partial charge >= 0.3 is 0 Å². The van der Waals surface area contributed by atoms with E-state index in [1.165, 1.54) is 0 Å². The minimum Gasteiger partial charge on any atom is -0.392 e. The minimum atomic E-state index is -1.08. The number of hydrogen-bond donors (Lipinski definition) is 5. The molecule has 2 unspecified atom stereocenters. The molecule has 1 heterocycles. The summed E-state index contributed by atoms with van der Waals surface area (Å²) in [5, 5.41) is 33.4. The summed E-state index contributed by atoms with van der Waals surface area (Å²) in [5.41, 5.74) is 1.91. The van der Waals surface area contributed by atoms with E-state index >= 15 is 0 Å². The standard InChI is InChI=1S/C9H11BrN2O3/c10-5-1-4(3-13)7-6(2-5)11-8(14)9(15)12-7/h1-2,8-9,11-15H,3H2. The average molecular weight is 275 g/mol. The second-order valence-electron chi connectivity index (χ2n) is 3.32. The monoisotopic (exact) mass is 274 g/mol. The first-order valence-corrected chi connectivity index (χ1v) is 5.23. The number of benzene rings is 1. The Morgan fingerprint density at radius 2 is 1.87 bits per heavy atom. The van der Waals surface area contributed by atoms with Crippen LogP contribution in [-0.2, 0) is 6.61 Å². The summed E-state index contributed by atoms with van der Waals surface area (Å²) in [7, 11) is 0. The van der Waals surface area contributed by atoms with Crippen LogP contribution < -0.4 is 10.6 Å². The first kappa shape index (κ1) is 10.7. The Kier molecular flexibility index (Phi) is 2.83. The Morgan fingerprint density at radius 1 is 1.20 bits per heavy atom. The number of hydrogen-bond acceptors (Lipinski definition) is 5. The lowest BCUT2D eigenvalue weighted by atomic mass is 10.1. The zero-order valence-corrected chi connectivity index (χ0v) is 9.32. The summed E-state index contributed by atoms with van der Waals surface area (Å²) in [4.78, 5) is 0. The molecular weight excluding hydrogens is 264 g/mol. The van der Waals surface area contributed by atoms with Crippen LogP contribution in [-0.4, -0.2) is 27.8 Å². The SMILES string of the molecule is OCc1cc(Br)cc2c1NC(O)C(O)N2. The molecule has 5 N–H and O–H groups in total. The van der Waals surface area contributed by atoms with Crippen molar-refractivity contribution >= 4 is 27.3 Å². The van der Waals surface area contributed by atoms with E-state index < -0.39 is 12.5 Å². The number of nitrogens with one attached hydrogen (secondary N) is 2. The molecule has 0 saturated carbocycles. The second-order valence-corrected chi connectivity index (χ2v) is 4.24. The second kappa shape index (κ2) is 3.97. The summed E-state index contributed by atoms with van der Waals surface area (Å²) >= 11 is 3.29. The van der Waals surface area contributed by atoms with Crippen molar-refractivity contribution in [2.75, 3.05) is 10.6 Å². The van der Waals surface area contributed by atoms with Crippen LogP contribution in [0.5, 0.6) is 0 Å². The Balaban J connectivity index is 2.47.